The summed E-state index contributed by atoms with van der Waals surface area (Å²) in [6.07, 6.45) is 4.41. The number of benzene rings is 2. The summed E-state index contributed by atoms with van der Waals surface area (Å²) in [5.74, 6) is 0.776. The van der Waals surface area contributed by atoms with Gasteiger partial charge in [-0.1, -0.05) is 55.0 Å². The van der Waals surface area contributed by atoms with Crippen LogP contribution in [-0.2, 0) is 19.6 Å². The minimum absolute atomic E-state index is 0.0822. The monoisotopic (exact) mass is 479 g/mol. The van der Waals surface area contributed by atoms with Crippen molar-refractivity contribution in [1.29, 1.82) is 0 Å². The van der Waals surface area contributed by atoms with Gasteiger partial charge in [-0.15, -0.1) is 5.10 Å². The molecular formula is C28H29N7O. The van der Waals surface area contributed by atoms with Crippen LogP contribution in [0.3, 0.4) is 0 Å². The van der Waals surface area contributed by atoms with Gasteiger partial charge in [-0.3, -0.25) is 14.7 Å². The van der Waals surface area contributed by atoms with E-state index in [1.54, 1.807) is 6.20 Å². The first-order valence-electron chi connectivity index (χ1n) is 12.2. The van der Waals surface area contributed by atoms with E-state index in [-0.39, 0.29) is 11.6 Å². The fraction of sp³-hybridized carbons (Fsp3) is 0.250. The van der Waals surface area contributed by atoms with Gasteiger partial charge in [0.2, 0.25) is 0 Å². The fourth-order valence-electron chi connectivity index (χ4n) is 4.63. The number of aromatic amines is 1. The zero-order valence-corrected chi connectivity index (χ0v) is 20.5. The largest absolute Gasteiger partial charge is 0.322 e. The van der Waals surface area contributed by atoms with Gasteiger partial charge in [-0.05, 0) is 64.5 Å². The van der Waals surface area contributed by atoms with E-state index in [0.29, 0.717) is 25.2 Å². The van der Waals surface area contributed by atoms with Crippen molar-refractivity contribution in [1.82, 2.24) is 35.1 Å². The molecule has 0 spiro atoms. The molecule has 0 aliphatic carbocycles. The molecular weight excluding hydrogens is 450 g/mol. The van der Waals surface area contributed by atoms with Gasteiger partial charge in [0, 0.05) is 36.6 Å². The van der Waals surface area contributed by atoms with Crippen molar-refractivity contribution in [2.75, 3.05) is 0 Å². The zero-order valence-electron chi connectivity index (χ0n) is 20.5. The molecule has 1 atom stereocenters. The molecule has 5 rings (SSSR count). The summed E-state index contributed by atoms with van der Waals surface area (Å²) >= 11 is 0. The molecule has 2 aromatic carbocycles. The van der Waals surface area contributed by atoms with Crippen LogP contribution >= 0.6 is 0 Å². The molecule has 3 heterocycles. The second-order valence-electron chi connectivity index (χ2n) is 9.09. The molecule has 0 fully saturated rings. The molecule has 8 heteroatoms. The van der Waals surface area contributed by atoms with Crippen molar-refractivity contribution in [3.8, 4) is 0 Å². The Bertz CT molecular complexity index is 1500. The number of nitrogens with one attached hydrogen (secondary N) is 1. The summed E-state index contributed by atoms with van der Waals surface area (Å²) in [5, 5.41) is 13.8. The summed E-state index contributed by atoms with van der Waals surface area (Å²) < 4.78 is 1.85. The molecule has 0 saturated carbocycles. The standard InChI is InChI=1S/C28H29N7O/c1-3-26(27-31-32-33-35(27)18-21-8-5-4-6-9-21)34(17-22-10-7-13-29-16-22)19-24-15-23-14-20(2)11-12-25(23)30-28(24)36/h4-16,26H,3,17-19H2,1-2H3,(H,30,36)/t26-/m0/s1. The van der Waals surface area contributed by atoms with E-state index in [1.807, 2.05) is 59.4 Å². The smallest absolute Gasteiger partial charge is 0.252 e. The first-order valence-corrected chi connectivity index (χ1v) is 12.2. The van der Waals surface area contributed by atoms with E-state index in [2.05, 4.69) is 62.4 Å². The molecule has 1 N–H and O–H groups in total. The lowest BCUT2D eigenvalue weighted by molar-refractivity contribution is 0.161. The summed E-state index contributed by atoms with van der Waals surface area (Å²) in [7, 11) is 0. The Morgan fingerprint density at radius 2 is 1.83 bits per heavy atom. The van der Waals surface area contributed by atoms with Crippen LogP contribution in [0.2, 0.25) is 0 Å². The van der Waals surface area contributed by atoms with Gasteiger partial charge < -0.3 is 4.98 Å². The van der Waals surface area contributed by atoms with Gasteiger partial charge in [0.1, 0.15) is 0 Å². The van der Waals surface area contributed by atoms with Crippen LogP contribution in [0, 0.1) is 6.92 Å². The molecule has 0 aliphatic heterocycles. The highest BCUT2D eigenvalue weighted by atomic mass is 16.1. The normalized spacial score (nSPS) is 12.3. The average Bonchev–Trinajstić information content (AvgIpc) is 3.34. The molecule has 182 valence electrons. The first kappa shape index (κ1) is 23.6. The number of nitrogens with zero attached hydrogens (tertiary/aromatic N) is 6. The number of H-pyrrole nitrogens is 1. The van der Waals surface area contributed by atoms with Crippen LogP contribution in [0.15, 0.2) is 83.9 Å². The molecule has 8 nitrogen and oxygen atoms in total. The summed E-state index contributed by atoms with van der Waals surface area (Å²) in [6, 6.07) is 22.1. The summed E-state index contributed by atoms with van der Waals surface area (Å²) in [6.45, 7) is 5.81. The van der Waals surface area contributed by atoms with Crippen LogP contribution in [-0.4, -0.2) is 35.1 Å². The van der Waals surface area contributed by atoms with Crippen LogP contribution in [0.5, 0.6) is 0 Å². The lowest BCUT2D eigenvalue weighted by atomic mass is 10.1. The predicted octanol–water partition coefficient (Wildman–Crippen LogP) is 4.42. The molecule has 0 bridgehead atoms. The maximum atomic E-state index is 13.1. The van der Waals surface area contributed by atoms with Crippen LogP contribution in [0.4, 0.5) is 0 Å². The third kappa shape index (κ3) is 5.23. The third-order valence-electron chi connectivity index (χ3n) is 6.42. The quantitative estimate of drug-likeness (QED) is 0.336. The zero-order chi connectivity index (χ0) is 24.9. The highest BCUT2D eigenvalue weighted by molar-refractivity contribution is 5.79. The van der Waals surface area contributed by atoms with Crippen molar-refractivity contribution < 1.29 is 0 Å². The fourth-order valence-corrected chi connectivity index (χ4v) is 4.63. The number of hydrogen-bond acceptors (Lipinski definition) is 6. The van der Waals surface area contributed by atoms with E-state index < -0.39 is 0 Å². The van der Waals surface area contributed by atoms with Gasteiger partial charge in [0.15, 0.2) is 5.82 Å². The molecule has 0 radical (unpaired) electrons. The van der Waals surface area contributed by atoms with Crippen molar-refractivity contribution >= 4 is 10.9 Å². The van der Waals surface area contributed by atoms with Crippen molar-refractivity contribution in [3.63, 3.8) is 0 Å². The summed E-state index contributed by atoms with van der Waals surface area (Å²) in [5.41, 5.74) is 4.80. The topological polar surface area (TPSA) is 92.6 Å². The average molecular weight is 480 g/mol. The van der Waals surface area contributed by atoms with E-state index in [1.165, 1.54) is 0 Å². The second-order valence-corrected chi connectivity index (χ2v) is 9.09. The predicted molar refractivity (Wildman–Crippen MR) is 139 cm³/mol. The Morgan fingerprint density at radius 1 is 1.00 bits per heavy atom. The number of rotatable bonds is 9. The number of tetrazole rings is 1. The van der Waals surface area contributed by atoms with Crippen molar-refractivity contribution in [2.24, 2.45) is 0 Å². The number of aromatic nitrogens is 6. The van der Waals surface area contributed by atoms with Gasteiger partial charge in [0.05, 0.1) is 12.6 Å². The Balaban J connectivity index is 1.52. The van der Waals surface area contributed by atoms with E-state index in [9.17, 15) is 4.79 Å². The number of fused-ring (bicyclic) bond motifs is 1. The molecule has 0 saturated heterocycles. The molecule has 36 heavy (non-hydrogen) atoms. The number of aryl methyl sites for hydroxylation is 1. The van der Waals surface area contributed by atoms with Crippen molar-refractivity contribution in [2.45, 2.75) is 45.9 Å². The van der Waals surface area contributed by atoms with Crippen LogP contribution in [0.25, 0.3) is 10.9 Å². The Labute approximate surface area is 209 Å². The molecule has 0 amide bonds. The van der Waals surface area contributed by atoms with Gasteiger partial charge >= 0.3 is 0 Å². The van der Waals surface area contributed by atoms with Gasteiger partial charge in [-0.2, -0.15) is 0 Å². The third-order valence-corrected chi connectivity index (χ3v) is 6.42. The maximum absolute atomic E-state index is 13.1. The molecule has 5 aromatic rings. The SMILES string of the molecule is CC[C@@H](c1nnnn1Cc1ccccc1)N(Cc1cccnc1)Cc1cc2cc(C)ccc2[nH]c1=O. The lowest BCUT2D eigenvalue weighted by Gasteiger charge is -2.30. The lowest BCUT2D eigenvalue weighted by Crippen LogP contribution is -2.32. The van der Waals surface area contributed by atoms with E-state index >= 15 is 0 Å². The minimum Gasteiger partial charge on any atom is -0.322 e. The van der Waals surface area contributed by atoms with E-state index in [0.717, 1.165) is 39.8 Å². The minimum atomic E-state index is -0.100. The highest BCUT2D eigenvalue weighted by Gasteiger charge is 2.26. The summed E-state index contributed by atoms with van der Waals surface area (Å²) in [4.78, 5) is 22.7. The number of hydrogen-bond donors (Lipinski definition) is 1. The number of pyridine rings is 2. The highest BCUT2D eigenvalue weighted by Crippen LogP contribution is 2.27. The Hall–Kier alpha value is -4.17. The molecule has 0 aliphatic rings. The Morgan fingerprint density at radius 3 is 2.61 bits per heavy atom. The van der Waals surface area contributed by atoms with E-state index in [4.69, 9.17) is 0 Å². The second kappa shape index (κ2) is 10.6. The van der Waals surface area contributed by atoms with Crippen LogP contribution < -0.4 is 5.56 Å². The maximum Gasteiger partial charge on any atom is 0.252 e. The van der Waals surface area contributed by atoms with Crippen molar-refractivity contribution in [3.05, 3.63) is 118 Å². The van der Waals surface area contributed by atoms with Gasteiger partial charge in [-0.25, -0.2) is 4.68 Å². The van der Waals surface area contributed by atoms with Gasteiger partial charge in [0.25, 0.3) is 5.56 Å². The molecule has 3 aromatic heterocycles. The Kier molecular flexibility index (Phi) is 6.95. The molecule has 0 unspecified atom stereocenters. The van der Waals surface area contributed by atoms with Crippen LogP contribution in [0.1, 0.15) is 47.5 Å². The first-order chi connectivity index (χ1) is 17.6.